The Morgan fingerprint density at radius 1 is 1.42 bits per heavy atom. The minimum Gasteiger partial charge on any atom is -0.487 e. The number of fused-ring (bicyclic) bond motifs is 1. The Labute approximate surface area is 122 Å². The van der Waals surface area contributed by atoms with E-state index < -0.39 is 6.10 Å². The average molecular weight is 327 g/mol. The highest BCUT2D eigenvalue weighted by molar-refractivity contribution is 9.10. The first kappa shape index (κ1) is 13.4. The normalized spacial score (nSPS) is 33.8. The molecule has 1 spiro atoms. The fourth-order valence-corrected chi connectivity index (χ4v) is 3.74. The van der Waals surface area contributed by atoms with Crippen molar-refractivity contribution in [2.24, 2.45) is 0 Å². The summed E-state index contributed by atoms with van der Waals surface area (Å²) in [6.45, 7) is 0. The SMILES string of the molecule is COC1CCCC2(C1)C[C@H](O)c1cc(Br)ccc1O2. The minimum absolute atomic E-state index is 0.248. The van der Waals surface area contributed by atoms with Gasteiger partial charge in [0.1, 0.15) is 11.4 Å². The van der Waals surface area contributed by atoms with Crippen molar-refractivity contribution in [3.8, 4) is 5.75 Å². The minimum atomic E-state index is -0.447. The molecule has 0 aromatic heterocycles. The van der Waals surface area contributed by atoms with Gasteiger partial charge in [-0.25, -0.2) is 0 Å². The van der Waals surface area contributed by atoms with E-state index in [1.165, 1.54) is 0 Å². The van der Waals surface area contributed by atoms with Gasteiger partial charge in [-0.05, 0) is 37.5 Å². The second kappa shape index (κ2) is 5.08. The lowest BCUT2D eigenvalue weighted by Gasteiger charge is -2.45. The summed E-state index contributed by atoms with van der Waals surface area (Å²) in [6, 6.07) is 5.85. The summed E-state index contributed by atoms with van der Waals surface area (Å²) < 4.78 is 12.7. The van der Waals surface area contributed by atoms with E-state index in [-0.39, 0.29) is 11.7 Å². The van der Waals surface area contributed by atoms with Crippen molar-refractivity contribution in [1.82, 2.24) is 0 Å². The van der Waals surface area contributed by atoms with Crippen LogP contribution in [0.3, 0.4) is 0 Å². The van der Waals surface area contributed by atoms with Gasteiger partial charge in [-0.1, -0.05) is 15.9 Å². The third kappa shape index (κ3) is 2.54. The summed E-state index contributed by atoms with van der Waals surface area (Å²) in [5, 5.41) is 10.4. The van der Waals surface area contributed by atoms with Crippen LogP contribution >= 0.6 is 15.9 Å². The molecule has 1 N–H and O–H groups in total. The summed E-state index contributed by atoms with van der Waals surface area (Å²) in [5.41, 5.74) is 0.638. The maximum Gasteiger partial charge on any atom is 0.126 e. The predicted molar refractivity (Wildman–Crippen MR) is 76.3 cm³/mol. The summed E-state index contributed by atoms with van der Waals surface area (Å²) in [7, 11) is 1.76. The van der Waals surface area contributed by atoms with Gasteiger partial charge in [-0.3, -0.25) is 0 Å². The van der Waals surface area contributed by atoms with Gasteiger partial charge in [0.2, 0.25) is 0 Å². The third-order valence-electron chi connectivity index (χ3n) is 4.31. The molecule has 3 atom stereocenters. The maximum atomic E-state index is 10.4. The second-order valence-corrected chi connectivity index (χ2v) is 6.56. The highest BCUT2D eigenvalue weighted by Gasteiger charge is 2.44. The molecule has 104 valence electrons. The quantitative estimate of drug-likeness (QED) is 0.857. The molecular weight excluding hydrogens is 308 g/mol. The van der Waals surface area contributed by atoms with Crippen LogP contribution in [0.5, 0.6) is 5.75 Å². The summed E-state index contributed by atoms with van der Waals surface area (Å²) in [4.78, 5) is 0. The van der Waals surface area contributed by atoms with Crippen molar-refractivity contribution in [3.05, 3.63) is 28.2 Å². The molecule has 0 saturated heterocycles. The van der Waals surface area contributed by atoms with E-state index in [2.05, 4.69) is 15.9 Å². The zero-order valence-corrected chi connectivity index (χ0v) is 12.6. The zero-order chi connectivity index (χ0) is 13.5. The number of ether oxygens (including phenoxy) is 2. The molecule has 3 rings (SSSR count). The fourth-order valence-electron chi connectivity index (χ4n) is 3.36. The number of rotatable bonds is 1. The predicted octanol–water partition coefficient (Wildman–Crippen LogP) is 3.59. The molecule has 1 aliphatic carbocycles. The Kier molecular flexibility index (Phi) is 3.58. The van der Waals surface area contributed by atoms with Gasteiger partial charge in [-0.2, -0.15) is 0 Å². The highest BCUT2D eigenvalue weighted by atomic mass is 79.9. The molecule has 0 radical (unpaired) electrons. The van der Waals surface area contributed by atoms with Crippen LogP contribution in [0.25, 0.3) is 0 Å². The molecule has 1 aromatic carbocycles. The van der Waals surface area contributed by atoms with Crippen molar-refractivity contribution in [2.45, 2.75) is 49.9 Å². The Balaban J connectivity index is 1.89. The number of halogens is 1. The Bertz CT molecular complexity index is 476. The Hall–Kier alpha value is -0.580. The first-order valence-corrected chi connectivity index (χ1v) is 7.60. The van der Waals surface area contributed by atoms with Crippen LogP contribution in [-0.2, 0) is 4.74 Å². The Morgan fingerprint density at radius 3 is 3.05 bits per heavy atom. The molecule has 0 amide bonds. The molecule has 1 heterocycles. The standard InChI is InChI=1S/C15H19BrO3/c1-18-11-3-2-6-15(8-11)9-13(17)12-7-10(16)4-5-14(12)19-15/h4-5,7,11,13,17H,2-3,6,8-9H2,1H3/t11?,13-,15?/m0/s1. The molecule has 19 heavy (non-hydrogen) atoms. The van der Waals surface area contributed by atoms with Crippen molar-refractivity contribution in [3.63, 3.8) is 0 Å². The maximum absolute atomic E-state index is 10.4. The number of benzene rings is 1. The molecule has 1 aromatic rings. The molecule has 0 bridgehead atoms. The van der Waals surface area contributed by atoms with Crippen molar-refractivity contribution >= 4 is 15.9 Å². The number of aliphatic hydroxyl groups is 1. The van der Waals surface area contributed by atoms with Crippen molar-refractivity contribution < 1.29 is 14.6 Å². The van der Waals surface area contributed by atoms with E-state index in [4.69, 9.17) is 9.47 Å². The first-order chi connectivity index (χ1) is 9.12. The van der Waals surface area contributed by atoms with E-state index in [0.717, 1.165) is 41.5 Å². The van der Waals surface area contributed by atoms with Gasteiger partial charge in [-0.15, -0.1) is 0 Å². The molecule has 1 aliphatic heterocycles. The lowest BCUT2D eigenvalue weighted by molar-refractivity contribution is -0.0796. The van der Waals surface area contributed by atoms with Gasteiger partial charge in [0, 0.05) is 30.0 Å². The lowest BCUT2D eigenvalue weighted by Crippen LogP contribution is -2.46. The van der Waals surface area contributed by atoms with E-state index in [1.54, 1.807) is 7.11 Å². The number of hydrogen-bond donors (Lipinski definition) is 1. The molecule has 1 fully saturated rings. The number of aliphatic hydroxyl groups excluding tert-OH is 1. The molecule has 4 heteroatoms. The van der Waals surface area contributed by atoms with Crippen LogP contribution in [0.4, 0.5) is 0 Å². The number of methoxy groups -OCH3 is 1. The smallest absolute Gasteiger partial charge is 0.126 e. The summed E-state index contributed by atoms with van der Waals surface area (Å²) >= 11 is 3.44. The van der Waals surface area contributed by atoms with Crippen molar-refractivity contribution in [2.75, 3.05) is 7.11 Å². The molecular formula is C15H19BrO3. The van der Waals surface area contributed by atoms with E-state index in [1.807, 2.05) is 18.2 Å². The lowest BCUT2D eigenvalue weighted by atomic mass is 9.76. The van der Waals surface area contributed by atoms with Gasteiger partial charge in [0.25, 0.3) is 0 Å². The first-order valence-electron chi connectivity index (χ1n) is 6.81. The fraction of sp³-hybridized carbons (Fsp3) is 0.600. The van der Waals surface area contributed by atoms with Crippen LogP contribution in [-0.4, -0.2) is 23.9 Å². The van der Waals surface area contributed by atoms with Gasteiger partial charge < -0.3 is 14.6 Å². The van der Waals surface area contributed by atoms with Gasteiger partial charge >= 0.3 is 0 Å². The van der Waals surface area contributed by atoms with Crippen LogP contribution in [0.2, 0.25) is 0 Å². The highest BCUT2D eigenvalue weighted by Crippen LogP contribution is 2.47. The van der Waals surface area contributed by atoms with E-state index >= 15 is 0 Å². The Morgan fingerprint density at radius 2 is 2.26 bits per heavy atom. The molecule has 1 saturated carbocycles. The van der Waals surface area contributed by atoms with Gasteiger partial charge in [0.15, 0.2) is 0 Å². The van der Waals surface area contributed by atoms with E-state index in [0.29, 0.717) is 6.42 Å². The molecule has 2 aliphatic rings. The topological polar surface area (TPSA) is 38.7 Å². The van der Waals surface area contributed by atoms with Crippen LogP contribution < -0.4 is 4.74 Å². The monoisotopic (exact) mass is 326 g/mol. The van der Waals surface area contributed by atoms with E-state index in [9.17, 15) is 5.11 Å². The summed E-state index contributed by atoms with van der Waals surface area (Å²) in [6.07, 6.45) is 4.52. The van der Waals surface area contributed by atoms with Crippen LogP contribution in [0, 0.1) is 0 Å². The zero-order valence-electron chi connectivity index (χ0n) is 11.1. The number of hydrogen-bond acceptors (Lipinski definition) is 3. The average Bonchev–Trinajstić information content (AvgIpc) is 2.40. The van der Waals surface area contributed by atoms with Crippen LogP contribution in [0.15, 0.2) is 22.7 Å². The van der Waals surface area contributed by atoms with Crippen LogP contribution in [0.1, 0.15) is 43.8 Å². The summed E-state index contributed by atoms with van der Waals surface area (Å²) in [5.74, 6) is 0.818. The molecule has 3 nitrogen and oxygen atoms in total. The van der Waals surface area contributed by atoms with Crippen molar-refractivity contribution in [1.29, 1.82) is 0 Å². The second-order valence-electron chi connectivity index (χ2n) is 5.64. The molecule has 2 unspecified atom stereocenters. The van der Waals surface area contributed by atoms with Gasteiger partial charge in [0.05, 0.1) is 12.2 Å². The largest absolute Gasteiger partial charge is 0.487 e. The third-order valence-corrected chi connectivity index (χ3v) is 4.81.